The van der Waals surface area contributed by atoms with Crippen LogP contribution in [0.5, 0.6) is 0 Å². The van der Waals surface area contributed by atoms with Gasteiger partial charge in [-0.25, -0.2) is 0 Å². The second-order valence-electron chi connectivity index (χ2n) is 4.26. The van der Waals surface area contributed by atoms with Crippen LogP contribution in [0.25, 0.3) is 0 Å². The Balaban J connectivity index is 2.42. The van der Waals surface area contributed by atoms with Crippen molar-refractivity contribution >= 4 is 17.5 Å². The van der Waals surface area contributed by atoms with Crippen molar-refractivity contribution in [1.29, 1.82) is 5.26 Å². The Bertz CT molecular complexity index is 520. The van der Waals surface area contributed by atoms with E-state index in [1.165, 1.54) is 6.20 Å². The Morgan fingerprint density at radius 1 is 1.45 bits per heavy atom. The number of benzene rings is 1. The van der Waals surface area contributed by atoms with E-state index in [1.807, 2.05) is 37.3 Å². The normalized spacial score (nSPS) is 10.8. The lowest BCUT2D eigenvalue weighted by Gasteiger charge is -2.04. The first kappa shape index (κ1) is 16.1. The number of rotatable bonds is 7. The highest BCUT2D eigenvalue weighted by atomic mass is 35.5. The van der Waals surface area contributed by atoms with Gasteiger partial charge in [0.25, 0.3) is 5.91 Å². The number of nitriles is 1. The minimum absolute atomic E-state index is 0.0875. The van der Waals surface area contributed by atoms with E-state index in [0.29, 0.717) is 18.1 Å². The lowest BCUT2D eigenvalue weighted by Crippen LogP contribution is -2.26. The second kappa shape index (κ2) is 9.00. The molecule has 0 saturated carbocycles. The Hall–Kier alpha value is -1.99. The summed E-state index contributed by atoms with van der Waals surface area (Å²) in [5, 5.41) is 15.3. The highest BCUT2D eigenvalue weighted by Crippen LogP contribution is 2.10. The quantitative estimate of drug-likeness (QED) is 0.461. The average molecular weight is 292 g/mol. The molecule has 0 spiro atoms. The predicted molar refractivity (Wildman–Crippen MR) is 80.2 cm³/mol. The molecule has 0 atom stereocenters. The molecule has 0 bridgehead atoms. The van der Waals surface area contributed by atoms with Gasteiger partial charge in [-0.2, -0.15) is 5.26 Å². The third kappa shape index (κ3) is 5.77. The predicted octanol–water partition coefficient (Wildman–Crippen LogP) is 2.41. The molecule has 0 aliphatic carbocycles. The van der Waals surface area contributed by atoms with E-state index < -0.39 is 0 Å². The molecule has 2 N–H and O–H groups in total. The number of hydrogen-bond acceptors (Lipinski definition) is 3. The molecular formula is C15H18ClN3O. The molecule has 0 aliphatic heterocycles. The van der Waals surface area contributed by atoms with Crippen LogP contribution in [0.4, 0.5) is 0 Å². The molecule has 106 valence electrons. The van der Waals surface area contributed by atoms with E-state index in [9.17, 15) is 4.79 Å². The average Bonchev–Trinajstić information content (AvgIpc) is 2.45. The Labute approximate surface area is 124 Å². The largest absolute Gasteiger partial charge is 0.389 e. The van der Waals surface area contributed by atoms with E-state index in [4.69, 9.17) is 16.9 Å². The van der Waals surface area contributed by atoms with E-state index >= 15 is 0 Å². The molecule has 0 aromatic heterocycles. The lowest BCUT2D eigenvalue weighted by molar-refractivity contribution is -0.117. The zero-order valence-corrected chi connectivity index (χ0v) is 12.2. The molecule has 20 heavy (non-hydrogen) atoms. The Morgan fingerprint density at radius 3 is 2.90 bits per heavy atom. The molecule has 0 fully saturated rings. The highest BCUT2D eigenvalue weighted by Gasteiger charge is 2.06. The first-order valence-electron chi connectivity index (χ1n) is 6.53. The summed E-state index contributed by atoms with van der Waals surface area (Å²) in [7, 11) is 0. The van der Waals surface area contributed by atoms with Crippen molar-refractivity contribution < 1.29 is 4.79 Å². The topological polar surface area (TPSA) is 64.9 Å². The smallest absolute Gasteiger partial charge is 0.263 e. The van der Waals surface area contributed by atoms with Crippen molar-refractivity contribution in [1.82, 2.24) is 10.6 Å². The van der Waals surface area contributed by atoms with E-state index in [2.05, 4.69) is 10.6 Å². The summed E-state index contributed by atoms with van der Waals surface area (Å²) in [5.74, 6) is -0.343. The van der Waals surface area contributed by atoms with Gasteiger partial charge in [0, 0.05) is 24.3 Å². The van der Waals surface area contributed by atoms with Crippen molar-refractivity contribution in [2.24, 2.45) is 0 Å². The summed E-state index contributed by atoms with van der Waals surface area (Å²) in [6.07, 6.45) is 3.06. The van der Waals surface area contributed by atoms with Gasteiger partial charge in [0.15, 0.2) is 0 Å². The van der Waals surface area contributed by atoms with Gasteiger partial charge in [0.2, 0.25) is 0 Å². The van der Waals surface area contributed by atoms with Gasteiger partial charge >= 0.3 is 0 Å². The first-order valence-corrected chi connectivity index (χ1v) is 6.91. The van der Waals surface area contributed by atoms with Crippen LogP contribution in [0.3, 0.4) is 0 Å². The maximum atomic E-state index is 11.6. The fourth-order valence-corrected chi connectivity index (χ4v) is 1.78. The Morgan fingerprint density at radius 2 is 2.25 bits per heavy atom. The number of nitrogens with one attached hydrogen (secondary N) is 2. The molecule has 0 saturated heterocycles. The monoisotopic (exact) mass is 291 g/mol. The molecule has 5 heteroatoms. The first-order chi connectivity index (χ1) is 9.67. The van der Waals surface area contributed by atoms with Gasteiger partial charge in [-0.05, 0) is 30.5 Å². The SMILES string of the molecule is CCCNC(=O)/C(C#N)=C\NCCc1cccc(Cl)c1. The van der Waals surface area contributed by atoms with Crippen LogP contribution in [0.15, 0.2) is 36.0 Å². The van der Waals surface area contributed by atoms with E-state index in [1.54, 1.807) is 0 Å². The van der Waals surface area contributed by atoms with Crippen molar-refractivity contribution in [3.63, 3.8) is 0 Å². The van der Waals surface area contributed by atoms with Gasteiger partial charge in [0.05, 0.1) is 0 Å². The fourth-order valence-electron chi connectivity index (χ4n) is 1.57. The molecule has 0 aliphatic rings. The van der Waals surface area contributed by atoms with Gasteiger partial charge in [-0.3, -0.25) is 4.79 Å². The zero-order chi connectivity index (χ0) is 14.8. The summed E-state index contributed by atoms with van der Waals surface area (Å²) in [6.45, 7) is 3.16. The maximum absolute atomic E-state index is 11.6. The van der Waals surface area contributed by atoms with Gasteiger partial charge in [0.1, 0.15) is 11.6 Å². The van der Waals surface area contributed by atoms with Crippen LogP contribution >= 0.6 is 11.6 Å². The Kier molecular flexibility index (Phi) is 7.23. The summed E-state index contributed by atoms with van der Waals surface area (Å²) in [5.41, 5.74) is 1.19. The molecule has 1 aromatic carbocycles. The number of amides is 1. The fraction of sp³-hybridized carbons (Fsp3) is 0.333. The molecule has 1 rings (SSSR count). The highest BCUT2D eigenvalue weighted by molar-refractivity contribution is 6.30. The minimum Gasteiger partial charge on any atom is -0.389 e. The molecular weight excluding hydrogens is 274 g/mol. The number of carbonyl (C=O) groups is 1. The van der Waals surface area contributed by atoms with E-state index in [-0.39, 0.29) is 11.5 Å². The van der Waals surface area contributed by atoms with Crippen LogP contribution in [0.2, 0.25) is 5.02 Å². The number of hydrogen-bond donors (Lipinski definition) is 2. The van der Waals surface area contributed by atoms with Gasteiger partial charge < -0.3 is 10.6 Å². The summed E-state index contributed by atoms with van der Waals surface area (Å²) in [4.78, 5) is 11.6. The van der Waals surface area contributed by atoms with Crippen molar-refractivity contribution in [3.8, 4) is 6.07 Å². The molecule has 0 unspecified atom stereocenters. The standard InChI is InChI=1S/C15H18ClN3O/c1-2-7-19-15(20)13(10-17)11-18-8-6-12-4-3-5-14(16)9-12/h3-5,9,11,18H,2,6-8H2,1H3,(H,19,20)/b13-11-. The molecule has 0 radical (unpaired) electrons. The van der Waals surface area contributed by atoms with Gasteiger partial charge in [-0.15, -0.1) is 0 Å². The van der Waals surface area contributed by atoms with Crippen LogP contribution in [0.1, 0.15) is 18.9 Å². The summed E-state index contributed by atoms with van der Waals surface area (Å²) < 4.78 is 0. The van der Waals surface area contributed by atoms with Crippen LogP contribution in [-0.4, -0.2) is 19.0 Å². The molecule has 4 nitrogen and oxygen atoms in total. The van der Waals surface area contributed by atoms with E-state index in [0.717, 1.165) is 18.4 Å². The minimum atomic E-state index is -0.343. The van der Waals surface area contributed by atoms with Crippen LogP contribution < -0.4 is 10.6 Å². The lowest BCUT2D eigenvalue weighted by atomic mass is 10.1. The second-order valence-corrected chi connectivity index (χ2v) is 4.70. The van der Waals surface area contributed by atoms with Crippen LogP contribution in [0, 0.1) is 11.3 Å². The summed E-state index contributed by atoms with van der Waals surface area (Å²) in [6, 6.07) is 9.48. The zero-order valence-electron chi connectivity index (χ0n) is 11.4. The van der Waals surface area contributed by atoms with Crippen molar-refractivity contribution in [2.45, 2.75) is 19.8 Å². The third-order valence-electron chi connectivity index (χ3n) is 2.59. The number of carbonyl (C=O) groups excluding carboxylic acids is 1. The summed E-state index contributed by atoms with van der Waals surface area (Å²) >= 11 is 5.89. The third-order valence-corrected chi connectivity index (χ3v) is 2.83. The van der Waals surface area contributed by atoms with Crippen LogP contribution in [-0.2, 0) is 11.2 Å². The van der Waals surface area contributed by atoms with Gasteiger partial charge in [-0.1, -0.05) is 30.7 Å². The number of nitrogens with zero attached hydrogens (tertiary/aromatic N) is 1. The molecule has 1 amide bonds. The molecule has 1 aromatic rings. The van der Waals surface area contributed by atoms with Crippen molar-refractivity contribution in [2.75, 3.05) is 13.1 Å². The van der Waals surface area contributed by atoms with Crippen molar-refractivity contribution in [3.05, 3.63) is 46.6 Å². The molecule has 0 heterocycles. The number of halogens is 1. The maximum Gasteiger partial charge on any atom is 0.263 e.